The van der Waals surface area contributed by atoms with E-state index in [1.54, 1.807) is 0 Å². The lowest BCUT2D eigenvalue weighted by Gasteiger charge is -2.08. The first-order valence-corrected chi connectivity index (χ1v) is 17.4. The number of benzene rings is 7. The average molecular weight is 649 g/mol. The van der Waals surface area contributed by atoms with E-state index in [0.717, 1.165) is 16.7 Å². The van der Waals surface area contributed by atoms with Gasteiger partial charge in [-0.05, 0) is 101 Å². The zero-order chi connectivity index (χ0) is 33.5. The van der Waals surface area contributed by atoms with Crippen LogP contribution in [-0.4, -0.2) is 14.1 Å². The van der Waals surface area contributed by atoms with Crippen molar-refractivity contribution >= 4 is 66.7 Å². The van der Waals surface area contributed by atoms with Gasteiger partial charge in [0.15, 0.2) is 5.69 Å². The van der Waals surface area contributed by atoms with Crippen molar-refractivity contribution in [3.05, 3.63) is 181 Å². The lowest BCUT2D eigenvalue weighted by atomic mass is 9.98. The Kier molecular flexibility index (Phi) is 5.91. The van der Waals surface area contributed by atoms with Crippen LogP contribution < -0.4 is 0 Å². The summed E-state index contributed by atoms with van der Waals surface area (Å²) in [7, 11) is 0. The van der Waals surface area contributed by atoms with Crippen LogP contribution in [-0.2, 0) is 0 Å². The summed E-state index contributed by atoms with van der Waals surface area (Å²) < 4.78 is 4.71. The predicted molar refractivity (Wildman–Crippen MR) is 215 cm³/mol. The largest absolute Gasteiger partial charge is 0.355 e. The second kappa shape index (κ2) is 10.8. The minimum Gasteiger partial charge on any atom is -0.355 e. The van der Waals surface area contributed by atoms with E-state index in [1.165, 1.54) is 82.7 Å². The van der Waals surface area contributed by atoms with Gasteiger partial charge >= 0.3 is 0 Å². The Balaban J connectivity index is 1.04. The average Bonchev–Trinajstić information content (AvgIpc) is 3.85. The molecule has 0 amide bonds. The molecule has 0 atom stereocenters. The molecule has 7 aromatic carbocycles. The minimum atomic E-state index is 1.14. The number of aromatic amines is 1. The lowest BCUT2D eigenvalue weighted by Crippen LogP contribution is -1.97. The molecule has 10 aromatic rings. The van der Waals surface area contributed by atoms with Crippen LogP contribution in [0.2, 0.25) is 0 Å². The first-order chi connectivity index (χ1) is 25.3. The number of H-pyrrole nitrogens is 1. The molecule has 236 valence electrons. The third-order valence-corrected chi connectivity index (χ3v) is 10.6. The van der Waals surface area contributed by atoms with Crippen molar-refractivity contribution in [1.82, 2.24) is 14.1 Å². The Morgan fingerprint density at radius 1 is 0.412 bits per heavy atom. The molecule has 0 fully saturated rings. The summed E-state index contributed by atoms with van der Waals surface area (Å²) in [6.45, 7) is 0. The molecule has 51 heavy (non-hydrogen) atoms. The Hall–Kier alpha value is -6.93. The molecule has 3 aromatic heterocycles. The summed E-state index contributed by atoms with van der Waals surface area (Å²) in [6, 6.07) is 57.3. The number of rotatable bonds is 4. The fraction of sp³-hybridized carbons (Fsp3) is 0. The Labute approximate surface area is 294 Å². The third kappa shape index (κ3) is 4.23. The zero-order valence-corrected chi connectivity index (χ0v) is 27.6. The molecule has 0 aliphatic heterocycles. The smallest absolute Gasteiger partial charge is 0.166 e. The van der Waals surface area contributed by atoms with Gasteiger partial charge in [0.2, 0.25) is 0 Å². The Bertz CT molecular complexity index is 3060. The van der Waals surface area contributed by atoms with Gasteiger partial charge < -0.3 is 9.55 Å². The van der Waals surface area contributed by atoms with E-state index in [-0.39, 0.29) is 0 Å². The topological polar surface area (TPSA) is 25.6 Å². The van der Waals surface area contributed by atoms with E-state index in [4.69, 9.17) is 0 Å². The van der Waals surface area contributed by atoms with Crippen molar-refractivity contribution in [2.24, 2.45) is 0 Å². The summed E-state index contributed by atoms with van der Waals surface area (Å²) in [5.41, 5.74) is 15.5. The molecule has 0 spiro atoms. The molecule has 0 bridgehead atoms. The van der Waals surface area contributed by atoms with Gasteiger partial charge in [-0.15, -0.1) is 0 Å². The first kappa shape index (κ1) is 28.0. The van der Waals surface area contributed by atoms with Gasteiger partial charge in [0, 0.05) is 49.7 Å². The van der Waals surface area contributed by atoms with Crippen LogP contribution in [0.15, 0.2) is 164 Å². The highest BCUT2D eigenvalue weighted by Crippen LogP contribution is 2.39. The molecule has 3 heterocycles. The highest BCUT2D eigenvalue weighted by Gasteiger charge is 2.24. The molecular formula is C48H30N3+. The van der Waals surface area contributed by atoms with Gasteiger partial charge in [-0.25, -0.2) is 0 Å². The molecule has 1 aliphatic rings. The molecule has 11 rings (SSSR count). The van der Waals surface area contributed by atoms with E-state index in [9.17, 15) is 0 Å². The number of aromatic nitrogens is 3. The minimum absolute atomic E-state index is 1.14. The predicted octanol–water partition coefficient (Wildman–Crippen LogP) is 12.5. The van der Waals surface area contributed by atoms with Gasteiger partial charge in [0.05, 0.1) is 28.3 Å². The second-order valence-electron chi connectivity index (χ2n) is 13.4. The number of para-hydroxylation sites is 3. The van der Waals surface area contributed by atoms with Gasteiger partial charge in [0.25, 0.3) is 0 Å². The fourth-order valence-electron chi connectivity index (χ4n) is 8.21. The van der Waals surface area contributed by atoms with E-state index in [1.807, 2.05) is 6.08 Å². The maximum Gasteiger partial charge on any atom is 0.166 e. The molecule has 3 nitrogen and oxygen atoms in total. The molecule has 0 saturated carbocycles. The monoisotopic (exact) mass is 648 g/mol. The maximum absolute atomic E-state index is 3.68. The van der Waals surface area contributed by atoms with Crippen molar-refractivity contribution in [1.29, 1.82) is 0 Å². The van der Waals surface area contributed by atoms with Crippen LogP contribution in [0.4, 0.5) is 0 Å². The number of fused-ring (bicyclic) bond motifs is 9. The van der Waals surface area contributed by atoms with Crippen molar-refractivity contribution < 1.29 is 0 Å². The SMILES string of the molecule is [C+]1=Cc2c(c3cc(-c4ccc5[nH]c6ccc(-c7ccc8c(c7)c7ccccc7n8-c7ccccc7)cc6c5c4)ccc3n2-c2ccccc2)C=C1. The van der Waals surface area contributed by atoms with E-state index >= 15 is 0 Å². The molecular weight excluding hydrogens is 619 g/mol. The molecule has 0 saturated heterocycles. The number of allylic oxidation sites excluding steroid dienone is 2. The van der Waals surface area contributed by atoms with E-state index < -0.39 is 0 Å². The van der Waals surface area contributed by atoms with Crippen LogP contribution in [0.25, 0.3) is 100 Å². The molecule has 0 radical (unpaired) electrons. The maximum atomic E-state index is 3.68. The van der Waals surface area contributed by atoms with Crippen LogP contribution in [0.1, 0.15) is 11.3 Å². The molecule has 1 N–H and O–H groups in total. The van der Waals surface area contributed by atoms with Crippen LogP contribution in [0.5, 0.6) is 0 Å². The summed E-state index contributed by atoms with van der Waals surface area (Å²) in [5, 5.41) is 6.22. The summed E-state index contributed by atoms with van der Waals surface area (Å²) in [6.07, 6.45) is 9.59. The zero-order valence-electron chi connectivity index (χ0n) is 27.6. The van der Waals surface area contributed by atoms with Gasteiger partial charge in [-0.3, -0.25) is 4.57 Å². The Morgan fingerprint density at radius 3 is 1.59 bits per heavy atom. The van der Waals surface area contributed by atoms with E-state index in [2.05, 4.69) is 190 Å². The fourth-order valence-corrected chi connectivity index (χ4v) is 8.21. The quantitative estimate of drug-likeness (QED) is 0.184. The Morgan fingerprint density at radius 2 is 0.922 bits per heavy atom. The van der Waals surface area contributed by atoms with Gasteiger partial charge in [-0.2, -0.15) is 0 Å². The van der Waals surface area contributed by atoms with Gasteiger partial charge in [-0.1, -0.05) is 78.9 Å². The van der Waals surface area contributed by atoms with Crippen LogP contribution >= 0.6 is 0 Å². The number of hydrogen-bond acceptors (Lipinski definition) is 0. The summed E-state index contributed by atoms with van der Waals surface area (Å²) >= 11 is 0. The number of hydrogen-bond donors (Lipinski definition) is 1. The van der Waals surface area contributed by atoms with Crippen molar-refractivity contribution in [2.75, 3.05) is 0 Å². The van der Waals surface area contributed by atoms with Gasteiger partial charge in [0.1, 0.15) is 17.7 Å². The molecule has 1 aliphatic carbocycles. The first-order valence-electron chi connectivity index (χ1n) is 17.4. The standard InChI is InChI=1S/C48H30N3/c1-3-11-35(12-4-1)50-45-17-9-7-15-37(45)41-29-33(21-25-47(41)50)31-19-23-43-39(27-31)40-28-32(20-24-44(40)49-43)34-22-26-48-42(30-34)38-16-8-10-18-46(38)51(48)36-13-5-2-6-14-36/h1-9,11-30,49H/q+1. The summed E-state index contributed by atoms with van der Waals surface area (Å²) in [4.78, 5) is 3.68. The highest BCUT2D eigenvalue weighted by atomic mass is 15.0. The highest BCUT2D eigenvalue weighted by molar-refractivity contribution is 6.12. The number of nitrogens with zero attached hydrogens (tertiary/aromatic N) is 2. The van der Waals surface area contributed by atoms with Crippen molar-refractivity contribution in [3.8, 4) is 33.6 Å². The summed E-state index contributed by atoms with van der Waals surface area (Å²) in [5.74, 6) is 0. The van der Waals surface area contributed by atoms with Crippen LogP contribution in [0, 0.1) is 6.08 Å². The molecule has 0 unspecified atom stereocenters. The lowest BCUT2D eigenvalue weighted by molar-refractivity contribution is 1.10. The van der Waals surface area contributed by atoms with Crippen LogP contribution in [0.3, 0.4) is 0 Å². The second-order valence-corrected chi connectivity index (χ2v) is 13.4. The van der Waals surface area contributed by atoms with Crippen molar-refractivity contribution in [3.63, 3.8) is 0 Å². The molecule has 3 heteroatoms. The van der Waals surface area contributed by atoms with E-state index in [0.29, 0.717) is 0 Å². The normalized spacial score (nSPS) is 12.4. The third-order valence-electron chi connectivity index (χ3n) is 10.6. The van der Waals surface area contributed by atoms with Crippen molar-refractivity contribution in [2.45, 2.75) is 0 Å². The number of nitrogens with one attached hydrogen (secondary N) is 1.